The van der Waals surface area contributed by atoms with E-state index in [0.717, 1.165) is 42.5 Å². The van der Waals surface area contributed by atoms with Gasteiger partial charge >= 0.3 is 0 Å². The summed E-state index contributed by atoms with van der Waals surface area (Å²) >= 11 is 1.78. The molecule has 5 heteroatoms. The van der Waals surface area contributed by atoms with Crippen LogP contribution in [0.25, 0.3) is 0 Å². The van der Waals surface area contributed by atoms with E-state index < -0.39 is 0 Å². The highest BCUT2D eigenvalue weighted by atomic mass is 32.2. The Morgan fingerprint density at radius 1 is 1.20 bits per heavy atom. The molecule has 0 amide bonds. The number of rotatable bonds is 8. The van der Waals surface area contributed by atoms with Crippen LogP contribution >= 0.6 is 11.8 Å². The largest absolute Gasteiger partial charge is 0.324 e. The molecule has 0 fully saturated rings. The Morgan fingerprint density at radius 2 is 2.00 bits per heavy atom. The summed E-state index contributed by atoms with van der Waals surface area (Å²) in [5.41, 5.74) is 7.09. The molecule has 1 aromatic heterocycles. The SMILES string of the molecule is CCCn1c(CN)nnc1SCCCc1ccccc1. The Balaban J connectivity index is 1.83. The number of hydrogen-bond acceptors (Lipinski definition) is 4. The Labute approximate surface area is 124 Å². The number of hydrogen-bond donors (Lipinski definition) is 1. The van der Waals surface area contributed by atoms with Crippen LogP contribution in [-0.2, 0) is 19.5 Å². The van der Waals surface area contributed by atoms with E-state index in [1.807, 2.05) is 0 Å². The fourth-order valence-electron chi connectivity index (χ4n) is 2.11. The fraction of sp³-hybridized carbons (Fsp3) is 0.467. The first-order valence-electron chi connectivity index (χ1n) is 7.14. The van der Waals surface area contributed by atoms with Gasteiger partial charge in [-0.25, -0.2) is 0 Å². The monoisotopic (exact) mass is 290 g/mol. The van der Waals surface area contributed by atoms with E-state index in [-0.39, 0.29) is 0 Å². The minimum atomic E-state index is 0.456. The minimum Gasteiger partial charge on any atom is -0.324 e. The number of aryl methyl sites for hydroxylation is 1. The summed E-state index contributed by atoms with van der Waals surface area (Å²) in [4.78, 5) is 0. The molecule has 0 atom stereocenters. The van der Waals surface area contributed by atoms with Gasteiger partial charge in [0, 0.05) is 12.3 Å². The third-order valence-corrected chi connectivity index (χ3v) is 4.16. The standard InChI is InChI=1S/C15H22N4S/c1-2-10-19-14(12-16)17-18-15(19)20-11-6-9-13-7-4-3-5-8-13/h3-5,7-8H,2,6,9-12,16H2,1H3. The third-order valence-electron chi connectivity index (χ3n) is 3.11. The van der Waals surface area contributed by atoms with Crippen LogP contribution in [0.1, 0.15) is 31.2 Å². The zero-order chi connectivity index (χ0) is 14.2. The smallest absolute Gasteiger partial charge is 0.191 e. The first-order valence-corrected chi connectivity index (χ1v) is 8.12. The van der Waals surface area contributed by atoms with Crippen molar-refractivity contribution >= 4 is 11.8 Å². The van der Waals surface area contributed by atoms with Crippen molar-refractivity contribution in [3.05, 3.63) is 41.7 Å². The summed E-state index contributed by atoms with van der Waals surface area (Å²) in [5, 5.41) is 9.40. The van der Waals surface area contributed by atoms with Crippen LogP contribution in [0.3, 0.4) is 0 Å². The molecule has 1 heterocycles. The van der Waals surface area contributed by atoms with Crippen LogP contribution in [0.4, 0.5) is 0 Å². The van der Waals surface area contributed by atoms with Crippen molar-refractivity contribution in [1.82, 2.24) is 14.8 Å². The van der Waals surface area contributed by atoms with Crippen molar-refractivity contribution in [2.24, 2.45) is 5.73 Å². The molecule has 2 rings (SSSR count). The average Bonchev–Trinajstić information content (AvgIpc) is 2.87. The van der Waals surface area contributed by atoms with Crippen molar-refractivity contribution in [3.8, 4) is 0 Å². The molecular formula is C15H22N4S. The maximum atomic E-state index is 5.69. The highest BCUT2D eigenvalue weighted by molar-refractivity contribution is 7.99. The van der Waals surface area contributed by atoms with Gasteiger partial charge in [0.05, 0.1) is 6.54 Å². The highest BCUT2D eigenvalue weighted by Crippen LogP contribution is 2.19. The van der Waals surface area contributed by atoms with Crippen LogP contribution in [0.2, 0.25) is 0 Å². The van der Waals surface area contributed by atoms with Gasteiger partial charge in [-0.3, -0.25) is 0 Å². The minimum absolute atomic E-state index is 0.456. The third kappa shape index (κ3) is 4.08. The molecule has 0 aliphatic rings. The average molecular weight is 290 g/mol. The van der Waals surface area contributed by atoms with Gasteiger partial charge in [0.1, 0.15) is 5.82 Å². The van der Waals surface area contributed by atoms with Gasteiger partial charge in [-0.05, 0) is 24.8 Å². The summed E-state index contributed by atoms with van der Waals surface area (Å²) in [5.74, 6) is 1.94. The maximum absolute atomic E-state index is 5.69. The molecule has 1 aromatic carbocycles. The second kappa shape index (κ2) is 8.07. The Hall–Kier alpha value is -1.33. The van der Waals surface area contributed by atoms with Gasteiger partial charge in [-0.15, -0.1) is 10.2 Å². The van der Waals surface area contributed by atoms with Crippen molar-refractivity contribution in [2.75, 3.05) is 5.75 Å². The van der Waals surface area contributed by atoms with E-state index in [0.29, 0.717) is 6.54 Å². The Bertz CT molecular complexity index is 510. The molecule has 0 unspecified atom stereocenters. The van der Waals surface area contributed by atoms with Gasteiger partial charge in [0.25, 0.3) is 0 Å². The molecule has 2 N–H and O–H groups in total. The molecule has 0 saturated heterocycles. The zero-order valence-electron chi connectivity index (χ0n) is 12.0. The van der Waals surface area contributed by atoms with Crippen molar-refractivity contribution < 1.29 is 0 Å². The molecule has 2 aromatic rings. The second-order valence-electron chi connectivity index (χ2n) is 4.69. The molecule has 108 valence electrons. The van der Waals surface area contributed by atoms with Crippen LogP contribution in [0, 0.1) is 0 Å². The van der Waals surface area contributed by atoms with Gasteiger partial charge in [0.2, 0.25) is 0 Å². The number of benzene rings is 1. The lowest BCUT2D eigenvalue weighted by atomic mass is 10.1. The second-order valence-corrected chi connectivity index (χ2v) is 5.75. The molecule has 0 radical (unpaired) electrons. The molecule has 4 nitrogen and oxygen atoms in total. The van der Waals surface area contributed by atoms with E-state index >= 15 is 0 Å². The predicted molar refractivity (Wildman–Crippen MR) is 83.7 cm³/mol. The molecule has 0 spiro atoms. The van der Waals surface area contributed by atoms with Crippen LogP contribution < -0.4 is 5.73 Å². The Morgan fingerprint density at radius 3 is 2.70 bits per heavy atom. The van der Waals surface area contributed by atoms with Crippen LogP contribution in [-0.4, -0.2) is 20.5 Å². The summed E-state index contributed by atoms with van der Waals surface area (Å²) < 4.78 is 2.15. The highest BCUT2D eigenvalue weighted by Gasteiger charge is 2.10. The number of aromatic nitrogens is 3. The van der Waals surface area contributed by atoms with Crippen molar-refractivity contribution in [2.45, 2.75) is 44.4 Å². The van der Waals surface area contributed by atoms with Crippen LogP contribution in [0.15, 0.2) is 35.5 Å². The topological polar surface area (TPSA) is 56.7 Å². The predicted octanol–water partition coefficient (Wildman–Crippen LogP) is 2.87. The van der Waals surface area contributed by atoms with Gasteiger partial charge in [0.15, 0.2) is 5.16 Å². The van der Waals surface area contributed by atoms with E-state index in [4.69, 9.17) is 5.73 Å². The number of nitrogens with two attached hydrogens (primary N) is 1. The number of nitrogens with zero attached hydrogens (tertiary/aromatic N) is 3. The fourth-order valence-corrected chi connectivity index (χ4v) is 3.03. The zero-order valence-corrected chi connectivity index (χ0v) is 12.8. The lowest BCUT2D eigenvalue weighted by molar-refractivity contribution is 0.592. The quantitative estimate of drug-likeness (QED) is 0.600. The summed E-state index contributed by atoms with van der Waals surface area (Å²) in [6, 6.07) is 10.6. The maximum Gasteiger partial charge on any atom is 0.191 e. The molecule has 20 heavy (non-hydrogen) atoms. The van der Waals surface area contributed by atoms with E-state index in [2.05, 4.69) is 52.0 Å². The van der Waals surface area contributed by atoms with Crippen molar-refractivity contribution in [3.63, 3.8) is 0 Å². The Kier molecular flexibility index (Phi) is 6.08. The van der Waals surface area contributed by atoms with E-state index in [1.54, 1.807) is 11.8 Å². The molecule has 0 saturated carbocycles. The first kappa shape index (κ1) is 15.1. The number of thioether (sulfide) groups is 1. The lowest BCUT2D eigenvalue weighted by Crippen LogP contribution is -2.09. The summed E-state index contributed by atoms with van der Waals surface area (Å²) in [7, 11) is 0. The molecular weight excluding hydrogens is 268 g/mol. The normalized spacial score (nSPS) is 10.9. The first-order chi connectivity index (χ1) is 9.85. The summed E-state index contributed by atoms with van der Waals surface area (Å²) in [6.07, 6.45) is 3.33. The molecule has 0 aliphatic carbocycles. The van der Waals surface area contributed by atoms with Gasteiger partial charge in [-0.1, -0.05) is 49.0 Å². The lowest BCUT2D eigenvalue weighted by Gasteiger charge is -2.07. The molecule has 0 bridgehead atoms. The van der Waals surface area contributed by atoms with Gasteiger partial charge < -0.3 is 10.3 Å². The van der Waals surface area contributed by atoms with Gasteiger partial charge in [-0.2, -0.15) is 0 Å². The van der Waals surface area contributed by atoms with E-state index in [9.17, 15) is 0 Å². The summed E-state index contributed by atoms with van der Waals surface area (Å²) in [6.45, 7) is 3.56. The van der Waals surface area contributed by atoms with E-state index in [1.165, 1.54) is 5.56 Å². The van der Waals surface area contributed by atoms with Crippen molar-refractivity contribution in [1.29, 1.82) is 0 Å². The molecule has 0 aliphatic heterocycles. The van der Waals surface area contributed by atoms with Crippen LogP contribution in [0.5, 0.6) is 0 Å².